The molecule has 35 heavy (non-hydrogen) atoms. The van der Waals surface area contributed by atoms with Gasteiger partial charge in [-0.3, -0.25) is 4.90 Å². The lowest BCUT2D eigenvalue weighted by atomic mass is 10.1. The number of ether oxygens (including phenoxy) is 3. The molecule has 2 aromatic carbocycles. The van der Waals surface area contributed by atoms with Crippen molar-refractivity contribution < 1.29 is 19.3 Å². The monoisotopic (exact) mass is 475 g/mol. The smallest absolute Gasteiger partial charge is 0.231 e. The molecule has 0 spiro atoms. The molecule has 0 aliphatic carbocycles. The highest BCUT2D eigenvalue weighted by Crippen LogP contribution is 2.33. The minimum atomic E-state index is 0.229. The van der Waals surface area contributed by atoms with Gasteiger partial charge in [0, 0.05) is 57.4 Å². The lowest BCUT2D eigenvalue weighted by Crippen LogP contribution is -2.46. The van der Waals surface area contributed by atoms with E-state index in [1.165, 1.54) is 5.56 Å². The molecular weight excluding hydrogens is 446 g/mol. The van der Waals surface area contributed by atoms with Gasteiger partial charge < -0.3 is 29.1 Å². The summed E-state index contributed by atoms with van der Waals surface area (Å²) in [5.41, 5.74) is 2.92. The Kier molecular flexibility index (Phi) is 6.01. The second-order valence-electron chi connectivity index (χ2n) is 9.01. The van der Waals surface area contributed by atoms with E-state index < -0.39 is 0 Å². The Morgan fingerprint density at radius 3 is 2.46 bits per heavy atom. The molecule has 0 bridgehead atoms. The van der Waals surface area contributed by atoms with Crippen molar-refractivity contribution in [1.29, 1.82) is 0 Å². The van der Waals surface area contributed by atoms with E-state index in [1.807, 2.05) is 24.3 Å². The van der Waals surface area contributed by atoms with Crippen LogP contribution in [0.3, 0.4) is 0 Å². The van der Waals surface area contributed by atoms with Gasteiger partial charge >= 0.3 is 0 Å². The van der Waals surface area contributed by atoms with E-state index >= 15 is 0 Å². The number of hydrogen-bond donors (Lipinski definition) is 1. The summed E-state index contributed by atoms with van der Waals surface area (Å²) < 4.78 is 16.5. The molecule has 3 aliphatic rings. The Hall–Kier alpha value is -3.56. The van der Waals surface area contributed by atoms with Gasteiger partial charge in [-0.25, -0.2) is 4.98 Å². The van der Waals surface area contributed by atoms with Crippen LogP contribution in [0.5, 0.6) is 17.2 Å². The molecule has 2 saturated heterocycles. The van der Waals surface area contributed by atoms with Gasteiger partial charge in [0.25, 0.3) is 0 Å². The zero-order chi connectivity index (χ0) is 23.6. The molecule has 182 valence electrons. The van der Waals surface area contributed by atoms with E-state index in [9.17, 15) is 5.11 Å². The molecule has 0 amide bonds. The average molecular weight is 476 g/mol. The fourth-order valence-electron chi connectivity index (χ4n) is 4.73. The van der Waals surface area contributed by atoms with Crippen molar-refractivity contribution in [2.24, 2.45) is 0 Å². The summed E-state index contributed by atoms with van der Waals surface area (Å²) in [6.07, 6.45) is 0. The van der Waals surface area contributed by atoms with E-state index in [1.54, 1.807) is 12.1 Å². The number of phenolic OH excluding ortho intramolecular Hbond substituents is 1. The van der Waals surface area contributed by atoms with Gasteiger partial charge in [-0.2, -0.15) is 4.98 Å². The summed E-state index contributed by atoms with van der Waals surface area (Å²) in [6, 6.07) is 15.5. The number of aromatic hydroxyl groups is 1. The predicted molar refractivity (Wildman–Crippen MR) is 132 cm³/mol. The summed E-state index contributed by atoms with van der Waals surface area (Å²) in [5.74, 6) is 3.51. The molecule has 4 heterocycles. The molecule has 0 radical (unpaired) electrons. The Morgan fingerprint density at radius 1 is 0.800 bits per heavy atom. The number of piperazine rings is 1. The predicted octanol–water partition coefficient (Wildman–Crippen LogP) is 2.74. The van der Waals surface area contributed by atoms with Crippen molar-refractivity contribution in [3.63, 3.8) is 0 Å². The zero-order valence-electron chi connectivity index (χ0n) is 19.6. The number of hydrogen-bond acceptors (Lipinski definition) is 9. The van der Waals surface area contributed by atoms with E-state index in [2.05, 4.69) is 26.8 Å². The standard InChI is InChI=1S/C26H29N5O4/c32-21-3-1-2-20(15-21)22-16-25(28-26(27-22)31-10-12-33-13-11-31)30-8-6-29(7-9-30)17-19-4-5-23-24(14-19)35-18-34-23/h1-5,14-16,32H,6-13,17-18H2. The van der Waals surface area contributed by atoms with Crippen molar-refractivity contribution in [2.45, 2.75) is 6.54 Å². The van der Waals surface area contributed by atoms with Gasteiger partial charge in [0.05, 0.1) is 18.9 Å². The maximum atomic E-state index is 10.0. The zero-order valence-corrected chi connectivity index (χ0v) is 19.6. The summed E-state index contributed by atoms with van der Waals surface area (Å²) in [7, 11) is 0. The SMILES string of the molecule is Oc1cccc(-c2cc(N3CCN(Cc4ccc5c(c4)OCO5)CC3)nc(N3CCOCC3)n2)c1. The highest BCUT2D eigenvalue weighted by atomic mass is 16.7. The van der Waals surface area contributed by atoms with E-state index in [0.29, 0.717) is 26.0 Å². The van der Waals surface area contributed by atoms with Crippen LogP contribution >= 0.6 is 0 Å². The number of nitrogens with zero attached hydrogens (tertiary/aromatic N) is 5. The fourth-order valence-corrected chi connectivity index (χ4v) is 4.73. The summed E-state index contributed by atoms with van der Waals surface area (Å²) in [5, 5.41) is 10.0. The minimum absolute atomic E-state index is 0.229. The number of aromatic nitrogens is 2. The van der Waals surface area contributed by atoms with Crippen LogP contribution in [0.2, 0.25) is 0 Å². The van der Waals surface area contributed by atoms with Crippen LogP contribution in [0, 0.1) is 0 Å². The summed E-state index contributed by atoms with van der Waals surface area (Å²) in [6.45, 7) is 7.70. The summed E-state index contributed by atoms with van der Waals surface area (Å²) >= 11 is 0. The van der Waals surface area contributed by atoms with Gasteiger partial charge in [0.1, 0.15) is 11.6 Å². The average Bonchev–Trinajstić information content (AvgIpc) is 3.37. The third-order valence-electron chi connectivity index (χ3n) is 6.68. The third kappa shape index (κ3) is 4.82. The molecule has 2 fully saturated rings. The van der Waals surface area contributed by atoms with Crippen molar-refractivity contribution in [3.05, 3.63) is 54.1 Å². The van der Waals surface area contributed by atoms with Gasteiger partial charge in [-0.15, -0.1) is 0 Å². The molecule has 9 nitrogen and oxygen atoms in total. The number of benzene rings is 2. The molecule has 0 unspecified atom stereocenters. The summed E-state index contributed by atoms with van der Waals surface area (Å²) in [4.78, 5) is 16.8. The first-order valence-electron chi connectivity index (χ1n) is 12.1. The highest BCUT2D eigenvalue weighted by molar-refractivity contribution is 5.66. The number of fused-ring (bicyclic) bond motifs is 1. The van der Waals surface area contributed by atoms with Gasteiger partial charge in [0.15, 0.2) is 11.5 Å². The Balaban J connectivity index is 1.20. The normalized spacial score (nSPS) is 18.2. The minimum Gasteiger partial charge on any atom is -0.508 e. The van der Waals surface area contributed by atoms with Crippen LogP contribution in [-0.2, 0) is 11.3 Å². The molecule has 0 saturated carbocycles. The Morgan fingerprint density at radius 2 is 1.63 bits per heavy atom. The van der Waals surface area contributed by atoms with Crippen LogP contribution in [0.4, 0.5) is 11.8 Å². The van der Waals surface area contributed by atoms with Gasteiger partial charge in [0.2, 0.25) is 12.7 Å². The van der Waals surface area contributed by atoms with Gasteiger partial charge in [-0.05, 0) is 29.8 Å². The van der Waals surface area contributed by atoms with E-state index in [-0.39, 0.29) is 5.75 Å². The molecule has 3 aromatic rings. The first-order valence-corrected chi connectivity index (χ1v) is 12.1. The quantitative estimate of drug-likeness (QED) is 0.599. The maximum absolute atomic E-state index is 10.0. The highest BCUT2D eigenvalue weighted by Gasteiger charge is 2.23. The molecule has 1 N–H and O–H groups in total. The largest absolute Gasteiger partial charge is 0.508 e. The maximum Gasteiger partial charge on any atom is 0.231 e. The van der Waals surface area contributed by atoms with Crippen LogP contribution in [0.15, 0.2) is 48.5 Å². The first kappa shape index (κ1) is 21.9. The lowest BCUT2D eigenvalue weighted by molar-refractivity contribution is 0.122. The molecule has 0 atom stereocenters. The van der Waals surface area contributed by atoms with E-state index in [4.69, 9.17) is 24.2 Å². The topological polar surface area (TPSA) is 83.4 Å². The number of anilines is 2. The van der Waals surface area contributed by atoms with Crippen LogP contribution in [0.1, 0.15) is 5.56 Å². The Labute approximate surface area is 204 Å². The van der Waals surface area contributed by atoms with Crippen molar-refractivity contribution in [1.82, 2.24) is 14.9 Å². The second-order valence-corrected chi connectivity index (χ2v) is 9.01. The molecule has 1 aromatic heterocycles. The fraction of sp³-hybridized carbons (Fsp3) is 0.385. The van der Waals surface area contributed by atoms with Crippen molar-refractivity contribution in [3.8, 4) is 28.5 Å². The molecule has 3 aliphatic heterocycles. The number of rotatable bonds is 5. The van der Waals surface area contributed by atoms with Crippen LogP contribution in [-0.4, -0.2) is 79.2 Å². The van der Waals surface area contributed by atoms with Gasteiger partial charge in [-0.1, -0.05) is 18.2 Å². The van der Waals surface area contributed by atoms with Crippen LogP contribution < -0.4 is 19.3 Å². The Bertz CT molecular complexity index is 1190. The molecular formula is C26H29N5O4. The van der Waals surface area contributed by atoms with Crippen molar-refractivity contribution in [2.75, 3.05) is 69.1 Å². The first-order chi connectivity index (χ1) is 17.2. The molecule has 9 heteroatoms. The number of morpholine rings is 1. The number of phenols is 1. The van der Waals surface area contributed by atoms with Crippen molar-refractivity contribution >= 4 is 11.8 Å². The van der Waals surface area contributed by atoms with E-state index in [0.717, 1.165) is 74.4 Å². The van der Waals surface area contributed by atoms with Crippen LogP contribution in [0.25, 0.3) is 11.3 Å². The second kappa shape index (κ2) is 9.59. The third-order valence-corrected chi connectivity index (χ3v) is 6.68. The molecule has 6 rings (SSSR count). The lowest BCUT2D eigenvalue weighted by Gasteiger charge is -2.36.